The molecule has 0 saturated carbocycles. The first-order valence-electron chi connectivity index (χ1n) is 6.93. The minimum Gasteiger partial charge on any atom is -0.487 e. The van der Waals surface area contributed by atoms with Gasteiger partial charge in [0.2, 0.25) is 0 Å². The van der Waals surface area contributed by atoms with Gasteiger partial charge in [-0.15, -0.1) is 0 Å². The van der Waals surface area contributed by atoms with Gasteiger partial charge in [-0.3, -0.25) is 0 Å². The fourth-order valence-electron chi connectivity index (χ4n) is 1.84. The van der Waals surface area contributed by atoms with E-state index in [0.29, 0.717) is 24.8 Å². The van der Waals surface area contributed by atoms with Crippen molar-refractivity contribution in [3.8, 4) is 5.75 Å². The summed E-state index contributed by atoms with van der Waals surface area (Å²) in [5, 5.41) is 2.95. The van der Waals surface area contributed by atoms with Crippen LogP contribution in [0, 0.1) is 11.7 Å². The first-order chi connectivity index (χ1) is 9.45. The van der Waals surface area contributed by atoms with Crippen molar-refractivity contribution in [2.45, 2.75) is 32.9 Å². The Hall–Kier alpha value is -1.78. The van der Waals surface area contributed by atoms with Crippen LogP contribution >= 0.6 is 0 Å². The van der Waals surface area contributed by atoms with Crippen molar-refractivity contribution in [2.75, 3.05) is 13.1 Å². The number of carbonyl (C=O) groups excluding carboxylic acids is 1. The largest absolute Gasteiger partial charge is 0.487 e. The third-order valence-corrected chi connectivity index (χ3v) is 3.60. The van der Waals surface area contributed by atoms with Crippen LogP contribution in [-0.2, 0) is 0 Å². The predicted molar refractivity (Wildman–Crippen MR) is 75.2 cm³/mol. The summed E-state index contributed by atoms with van der Waals surface area (Å²) in [5.41, 5.74) is 0. The second-order valence-electron chi connectivity index (χ2n) is 5.58. The second kappa shape index (κ2) is 6.11. The molecule has 20 heavy (non-hydrogen) atoms. The molecule has 1 saturated heterocycles. The molecule has 1 aliphatic heterocycles. The number of urea groups is 1. The number of carbonyl (C=O) groups is 1. The molecule has 0 bridgehead atoms. The molecule has 5 heteroatoms. The van der Waals surface area contributed by atoms with Gasteiger partial charge in [-0.05, 0) is 37.1 Å². The van der Waals surface area contributed by atoms with Crippen LogP contribution in [0.5, 0.6) is 5.75 Å². The van der Waals surface area contributed by atoms with Gasteiger partial charge in [-0.1, -0.05) is 13.8 Å². The molecule has 0 aliphatic carbocycles. The van der Waals surface area contributed by atoms with E-state index in [2.05, 4.69) is 19.2 Å². The van der Waals surface area contributed by atoms with Crippen molar-refractivity contribution in [3.05, 3.63) is 30.1 Å². The molecule has 1 N–H and O–H groups in total. The Kier molecular flexibility index (Phi) is 4.47. The van der Waals surface area contributed by atoms with Gasteiger partial charge in [0, 0.05) is 6.04 Å². The van der Waals surface area contributed by atoms with E-state index in [0.717, 1.165) is 0 Å². The number of nitrogens with one attached hydrogen (secondary N) is 1. The maximum atomic E-state index is 12.8. The average Bonchev–Trinajstić information content (AvgIpc) is 2.35. The Morgan fingerprint density at radius 2 is 1.90 bits per heavy atom. The third kappa shape index (κ3) is 3.62. The van der Waals surface area contributed by atoms with Crippen molar-refractivity contribution < 1.29 is 13.9 Å². The van der Waals surface area contributed by atoms with E-state index in [1.54, 1.807) is 17.0 Å². The summed E-state index contributed by atoms with van der Waals surface area (Å²) in [6.45, 7) is 7.26. The second-order valence-corrected chi connectivity index (χ2v) is 5.58. The summed E-state index contributed by atoms with van der Waals surface area (Å²) in [6.07, 6.45) is -0.0134. The topological polar surface area (TPSA) is 41.6 Å². The van der Waals surface area contributed by atoms with E-state index in [1.807, 2.05) is 6.92 Å². The number of benzene rings is 1. The highest BCUT2D eigenvalue weighted by atomic mass is 19.1. The summed E-state index contributed by atoms with van der Waals surface area (Å²) < 4.78 is 18.4. The highest BCUT2D eigenvalue weighted by Crippen LogP contribution is 2.18. The SMILES string of the molecule is CC(C)C(C)NC(=O)N1CC(Oc2ccc(F)cc2)C1. The lowest BCUT2D eigenvalue weighted by Crippen LogP contribution is -2.60. The molecule has 110 valence electrons. The van der Waals surface area contributed by atoms with Gasteiger partial charge in [0.1, 0.15) is 17.7 Å². The van der Waals surface area contributed by atoms with Crippen molar-refractivity contribution in [2.24, 2.45) is 5.92 Å². The van der Waals surface area contributed by atoms with Gasteiger partial charge in [0.15, 0.2) is 0 Å². The van der Waals surface area contributed by atoms with Crippen LogP contribution in [0.15, 0.2) is 24.3 Å². The molecule has 1 heterocycles. The van der Waals surface area contributed by atoms with E-state index in [4.69, 9.17) is 4.74 Å². The normalized spacial score (nSPS) is 16.8. The monoisotopic (exact) mass is 280 g/mol. The molecule has 2 rings (SSSR count). The van der Waals surface area contributed by atoms with Crippen LogP contribution in [0.4, 0.5) is 9.18 Å². The number of rotatable bonds is 4. The van der Waals surface area contributed by atoms with E-state index in [9.17, 15) is 9.18 Å². The zero-order chi connectivity index (χ0) is 14.7. The quantitative estimate of drug-likeness (QED) is 0.921. The van der Waals surface area contributed by atoms with Gasteiger partial charge < -0.3 is 15.0 Å². The molecular formula is C15H21FN2O2. The highest BCUT2D eigenvalue weighted by Gasteiger charge is 2.32. The van der Waals surface area contributed by atoms with E-state index in [-0.39, 0.29) is 24.0 Å². The third-order valence-electron chi connectivity index (χ3n) is 3.60. The number of halogens is 1. The molecule has 1 fully saturated rings. The lowest BCUT2D eigenvalue weighted by molar-refractivity contribution is 0.0430. The van der Waals surface area contributed by atoms with Gasteiger partial charge in [-0.2, -0.15) is 0 Å². The molecular weight excluding hydrogens is 259 g/mol. The first-order valence-corrected chi connectivity index (χ1v) is 6.93. The number of hydrogen-bond donors (Lipinski definition) is 1. The maximum absolute atomic E-state index is 12.8. The fraction of sp³-hybridized carbons (Fsp3) is 0.533. The summed E-state index contributed by atoms with van der Waals surface area (Å²) >= 11 is 0. The molecule has 0 spiro atoms. The molecule has 2 amide bonds. The fourth-order valence-corrected chi connectivity index (χ4v) is 1.84. The van der Waals surface area contributed by atoms with Gasteiger partial charge in [0.25, 0.3) is 0 Å². The summed E-state index contributed by atoms with van der Waals surface area (Å²) in [7, 11) is 0. The number of likely N-dealkylation sites (tertiary alicyclic amines) is 1. The average molecular weight is 280 g/mol. The Labute approximate surface area is 118 Å². The van der Waals surface area contributed by atoms with Crippen LogP contribution in [0.25, 0.3) is 0 Å². The molecule has 1 aliphatic rings. The van der Waals surface area contributed by atoms with Gasteiger partial charge in [0.05, 0.1) is 13.1 Å². The minimum absolute atomic E-state index is 0.0134. The van der Waals surface area contributed by atoms with Crippen LogP contribution < -0.4 is 10.1 Å². The van der Waals surface area contributed by atoms with Crippen molar-refractivity contribution in [3.63, 3.8) is 0 Å². The molecule has 0 aromatic heterocycles. The summed E-state index contributed by atoms with van der Waals surface area (Å²) in [4.78, 5) is 13.6. The smallest absolute Gasteiger partial charge is 0.317 e. The van der Waals surface area contributed by atoms with Crippen LogP contribution in [-0.4, -0.2) is 36.2 Å². The van der Waals surface area contributed by atoms with Crippen molar-refractivity contribution in [1.82, 2.24) is 10.2 Å². The zero-order valence-corrected chi connectivity index (χ0v) is 12.1. The number of amides is 2. The number of nitrogens with zero attached hydrogens (tertiary/aromatic N) is 1. The highest BCUT2D eigenvalue weighted by molar-refractivity contribution is 5.75. The van der Waals surface area contributed by atoms with Gasteiger partial charge >= 0.3 is 6.03 Å². The molecule has 0 radical (unpaired) electrons. The Morgan fingerprint density at radius 1 is 1.30 bits per heavy atom. The molecule has 4 nitrogen and oxygen atoms in total. The summed E-state index contributed by atoms with van der Waals surface area (Å²) in [5.74, 6) is 0.758. The van der Waals surface area contributed by atoms with Crippen molar-refractivity contribution in [1.29, 1.82) is 0 Å². The van der Waals surface area contributed by atoms with Gasteiger partial charge in [-0.25, -0.2) is 9.18 Å². The van der Waals surface area contributed by atoms with E-state index in [1.165, 1.54) is 12.1 Å². The zero-order valence-electron chi connectivity index (χ0n) is 12.1. The molecule has 1 aromatic rings. The molecule has 1 unspecified atom stereocenters. The Morgan fingerprint density at radius 3 is 2.45 bits per heavy atom. The Bertz CT molecular complexity index is 455. The molecule has 1 atom stereocenters. The maximum Gasteiger partial charge on any atom is 0.317 e. The van der Waals surface area contributed by atoms with Crippen molar-refractivity contribution >= 4 is 6.03 Å². The van der Waals surface area contributed by atoms with E-state index < -0.39 is 0 Å². The standard InChI is InChI=1S/C15H21FN2O2/c1-10(2)11(3)17-15(19)18-8-14(9-18)20-13-6-4-12(16)5-7-13/h4-7,10-11,14H,8-9H2,1-3H3,(H,17,19). The lowest BCUT2D eigenvalue weighted by atomic mass is 10.1. The van der Waals surface area contributed by atoms with E-state index >= 15 is 0 Å². The molecule has 1 aromatic carbocycles. The number of hydrogen-bond acceptors (Lipinski definition) is 2. The minimum atomic E-state index is -0.283. The first kappa shape index (κ1) is 14.6. The van der Waals surface area contributed by atoms with Crippen LogP contribution in [0.1, 0.15) is 20.8 Å². The number of ether oxygens (including phenoxy) is 1. The van der Waals surface area contributed by atoms with Crippen LogP contribution in [0.3, 0.4) is 0 Å². The Balaban J connectivity index is 1.74. The predicted octanol–water partition coefficient (Wildman–Crippen LogP) is 2.64. The summed E-state index contributed by atoms with van der Waals surface area (Å²) in [6, 6.07) is 6.02. The van der Waals surface area contributed by atoms with Crippen LogP contribution in [0.2, 0.25) is 0 Å². The lowest BCUT2D eigenvalue weighted by Gasteiger charge is -2.39.